The molecular formula is C21H20N6OS2. The van der Waals surface area contributed by atoms with Gasteiger partial charge in [-0.05, 0) is 47.0 Å². The van der Waals surface area contributed by atoms with Gasteiger partial charge in [-0.3, -0.25) is 4.79 Å². The normalized spacial score (nSPS) is 11.9. The van der Waals surface area contributed by atoms with Crippen LogP contribution >= 0.6 is 23.1 Å². The molecule has 152 valence electrons. The lowest BCUT2D eigenvalue weighted by atomic mass is 10.1. The fourth-order valence-corrected chi connectivity index (χ4v) is 4.44. The summed E-state index contributed by atoms with van der Waals surface area (Å²) in [4.78, 5) is 17.1. The van der Waals surface area contributed by atoms with Gasteiger partial charge in [-0.2, -0.15) is 4.68 Å². The Morgan fingerprint density at radius 2 is 2.00 bits per heavy atom. The summed E-state index contributed by atoms with van der Waals surface area (Å²) in [7, 11) is 0. The lowest BCUT2D eigenvalue weighted by Gasteiger charge is -2.17. The van der Waals surface area contributed by atoms with Gasteiger partial charge in [-0.25, -0.2) is 4.98 Å². The fraction of sp³-hybridized carbons (Fsp3) is 0.190. The highest BCUT2D eigenvalue weighted by Gasteiger charge is 2.20. The highest BCUT2D eigenvalue weighted by atomic mass is 32.2. The largest absolute Gasteiger partial charge is 0.342 e. The quantitative estimate of drug-likeness (QED) is 0.444. The molecule has 4 rings (SSSR count). The zero-order valence-corrected chi connectivity index (χ0v) is 18.2. The molecule has 2 aromatic heterocycles. The van der Waals surface area contributed by atoms with Gasteiger partial charge < -0.3 is 5.32 Å². The standard InChI is InChI=1S/C21H20N6OS2/c1-14-7-6-10-17(15(14)2)27-21(24-25-26-27)30-13-18(28)23-19(20-22-11-12-29-20)16-8-4-3-5-9-16/h3-12,19H,13H2,1-2H3,(H,23,28). The average molecular weight is 437 g/mol. The molecule has 2 aromatic carbocycles. The van der Waals surface area contributed by atoms with Crippen LogP contribution in [0.25, 0.3) is 5.69 Å². The Hall–Kier alpha value is -3.04. The van der Waals surface area contributed by atoms with Crippen LogP contribution in [0, 0.1) is 13.8 Å². The number of aromatic nitrogens is 5. The Labute approximate surface area is 182 Å². The van der Waals surface area contributed by atoms with Gasteiger partial charge in [0, 0.05) is 11.6 Å². The number of nitrogens with one attached hydrogen (secondary N) is 1. The molecule has 7 nitrogen and oxygen atoms in total. The van der Waals surface area contributed by atoms with Gasteiger partial charge in [0.25, 0.3) is 0 Å². The van der Waals surface area contributed by atoms with E-state index < -0.39 is 0 Å². The Kier molecular flexibility index (Phi) is 6.20. The van der Waals surface area contributed by atoms with Crippen LogP contribution in [0.15, 0.2) is 65.3 Å². The third-order valence-corrected chi connectivity index (χ3v) is 6.47. The molecule has 1 atom stereocenters. The molecule has 1 N–H and O–H groups in total. The molecule has 0 aliphatic rings. The Balaban J connectivity index is 1.48. The topological polar surface area (TPSA) is 85.6 Å². The van der Waals surface area contributed by atoms with E-state index in [2.05, 4.69) is 25.8 Å². The first-order valence-electron chi connectivity index (χ1n) is 9.35. The molecule has 4 aromatic rings. The summed E-state index contributed by atoms with van der Waals surface area (Å²) in [6.45, 7) is 4.08. The summed E-state index contributed by atoms with van der Waals surface area (Å²) in [6, 6.07) is 15.5. The van der Waals surface area contributed by atoms with Gasteiger partial charge in [0.05, 0.1) is 11.4 Å². The lowest BCUT2D eigenvalue weighted by molar-refractivity contribution is -0.119. The molecule has 0 aliphatic carbocycles. The summed E-state index contributed by atoms with van der Waals surface area (Å²) in [5, 5.41) is 18.4. The predicted octanol–water partition coefficient (Wildman–Crippen LogP) is 3.73. The zero-order valence-electron chi connectivity index (χ0n) is 16.5. The first-order valence-corrected chi connectivity index (χ1v) is 11.2. The Morgan fingerprint density at radius 3 is 2.77 bits per heavy atom. The van der Waals surface area contributed by atoms with Crippen molar-refractivity contribution in [2.75, 3.05) is 5.75 Å². The minimum atomic E-state index is -0.283. The highest BCUT2D eigenvalue weighted by molar-refractivity contribution is 7.99. The molecule has 30 heavy (non-hydrogen) atoms. The number of tetrazole rings is 1. The number of benzene rings is 2. The van der Waals surface area contributed by atoms with Crippen molar-refractivity contribution in [1.29, 1.82) is 0 Å². The van der Waals surface area contributed by atoms with Crippen molar-refractivity contribution in [3.8, 4) is 5.69 Å². The van der Waals surface area contributed by atoms with Crippen molar-refractivity contribution >= 4 is 29.0 Å². The summed E-state index contributed by atoms with van der Waals surface area (Å²) < 4.78 is 1.68. The maximum atomic E-state index is 12.8. The third-order valence-electron chi connectivity index (χ3n) is 4.71. The van der Waals surface area contributed by atoms with Crippen molar-refractivity contribution in [3.05, 3.63) is 81.8 Å². The van der Waals surface area contributed by atoms with Gasteiger partial charge in [0.2, 0.25) is 11.1 Å². The first kappa shape index (κ1) is 20.2. The van der Waals surface area contributed by atoms with Gasteiger partial charge in [0.1, 0.15) is 11.0 Å². The number of thioether (sulfide) groups is 1. The number of rotatable bonds is 7. The number of nitrogens with zero attached hydrogens (tertiary/aromatic N) is 5. The van der Waals surface area contributed by atoms with Crippen molar-refractivity contribution in [2.45, 2.75) is 25.0 Å². The van der Waals surface area contributed by atoms with Crippen LogP contribution in [0.5, 0.6) is 0 Å². The summed E-state index contributed by atoms with van der Waals surface area (Å²) in [5.41, 5.74) is 4.16. The SMILES string of the molecule is Cc1cccc(-n2nnnc2SCC(=O)NC(c2ccccc2)c2nccs2)c1C. The van der Waals surface area contributed by atoms with Crippen molar-refractivity contribution in [3.63, 3.8) is 0 Å². The summed E-state index contributed by atoms with van der Waals surface area (Å²) in [6.07, 6.45) is 1.75. The minimum Gasteiger partial charge on any atom is -0.342 e. The van der Waals surface area contributed by atoms with E-state index in [0.29, 0.717) is 5.16 Å². The predicted molar refractivity (Wildman–Crippen MR) is 118 cm³/mol. The number of amides is 1. The smallest absolute Gasteiger partial charge is 0.231 e. The second-order valence-corrected chi connectivity index (χ2v) is 8.53. The van der Waals surface area contributed by atoms with Crippen LogP contribution in [-0.4, -0.2) is 36.9 Å². The van der Waals surface area contributed by atoms with E-state index in [1.807, 2.05) is 67.8 Å². The van der Waals surface area contributed by atoms with Crippen molar-refractivity contribution in [2.24, 2.45) is 0 Å². The van der Waals surface area contributed by atoms with Crippen LogP contribution in [0.4, 0.5) is 0 Å². The van der Waals surface area contributed by atoms with Gasteiger partial charge in [-0.15, -0.1) is 16.4 Å². The van der Waals surface area contributed by atoms with Gasteiger partial charge in [-0.1, -0.05) is 54.2 Å². The molecule has 0 fully saturated rings. The first-order chi connectivity index (χ1) is 14.6. The maximum absolute atomic E-state index is 12.8. The molecular weight excluding hydrogens is 416 g/mol. The number of hydrogen-bond donors (Lipinski definition) is 1. The molecule has 1 amide bonds. The molecule has 1 unspecified atom stereocenters. The monoisotopic (exact) mass is 436 g/mol. The number of aryl methyl sites for hydroxylation is 1. The molecule has 0 saturated carbocycles. The lowest BCUT2D eigenvalue weighted by Crippen LogP contribution is -2.30. The van der Waals surface area contributed by atoms with E-state index in [-0.39, 0.29) is 17.7 Å². The highest BCUT2D eigenvalue weighted by Crippen LogP contribution is 2.25. The molecule has 9 heteroatoms. The van der Waals surface area contributed by atoms with Crippen LogP contribution in [0.2, 0.25) is 0 Å². The van der Waals surface area contributed by atoms with E-state index >= 15 is 0 Å². The zero-order chi connectivity index (χ0) is 20.9. The summed E-state index contributed by atoms with van der Waals surface area (Å²) in [5.74, 6) is 0.0829. The van der Waals surface area contributed by atoms with Crippen molar-refractivity contribution < 1.29 is 4.79 Å². The number of thiazole rings is 1. The van der Waals surface area contributed by atoms with Crippen LogP contribution in [-0.2, 0) is 4.79 Å². The maximum Gasteiger partial charge on any atom is 0.231 e. The van der Waals surface area contributed by atoms with E-state index in [1.165, 1.54) is 23.1 Å². The molecule has 0 radical (unpaired) electrons. The van der Waals surface area contributed by atoms with Crippen LogP contribution in [0.3, 0.4) is 0 Å². The second kappa shape index (κ2) is 9.19. The van der Waals surface area contributed by atoms with Gasteiger partial charge >= 0.3 is 0 Å². The number of hydrogen-bond acceptors (Lipinski definition) is 7. The molecule has 0 aliphatic heterocycles. The molecule has 2 heterocycles. The molecule has 0 bridgehead atoms. The van der Waals surface area contributed by atoms with E-state index in [9.17, 15) is 4.79 Å². The van der Waals surface area contributed by atoms with E-state index in [1.54, 1.807) is 10.9 Å². The minimum absolute atomic E-state index is 0.112. The number of carbonyl (C=O) groups excluding carboxylic acids is 1. The Morgan fingerprint density at radius 1 is 1.17 bits per heavy atom. The molecule has 0 spiro atoms. The van der Waals surface area contributed by atoms with Gasteiger partial charge in [0.15, 0.2) is 0 Å². The second-order valence-electron chi connectivity index (χ2n) is 6.66. The molecule has 0 saturated heterocycles. The average Bonchev–Trinajstić information content (AvgIpc) is 3.45. The fourth-order valence-electron chi connectivity index (χ4n) is 3.03. The summed E-state index contributed by atoms with van der Waals surface area (Å²) >= 11 is 2.82. The van der Waals surface area contributed by atoms with E-state index in [0.717, 1.165) is 27.4 Å². The van der Waals surface area contributed by atoms with E-state index in [4.69, 9.17) is 0 Å². The van der Waals surface area contributed by atoms with Crippen molar-refractivity contribution in [1.82, 2.24) is 30.5 Å². The third kappa shape index (κ3) is 4.42. The Bertz CT molecular complexity index is 1130. The van der Waals surface area contributed by atoms with Crippen LogP contribution in [0.1, 0.15) is 27.7 Å². The number of carbonyl (C=O) groups is 1. The van der Waals surface area contributed by atoms with Crippen LogP contribution < -0.4 is 5.32 Å².